The minimum atomic E-state index is -0.472. The van der Waals surface area contributed by atoms with Gasteiger partial charge in [-0.25, -0.2) is 9.67 Å². The van der Waals surface area contributed by atoms with Crippen molar-refractivity contribution in [2.45, 2.75) is 24.7 Å². The molecular weight excluding hydrogens is 304 g/mol. The summed E-state index contributed by atoms with van der Waals surface area (Å²) in [6.07, 6.45) is 1.57. The Kier molecular flexibility index (Phi) is 4.69. The normalized spacial score (nSPS) is 12.3. The zero-order chi connectivity index (χ0) is 16.2. The van der Waals surface area contributed by atoms with E-state index >= 15 is 0 Å². The van der Waals surface area contributed by atoms with Gasteiger partial charge in [0.1, 0.15) is 5.82 Å². The molecule has 0 radical (unpaired) electrons. The van der Waals surface area contributed by atoms with Gasteiger partial charge in [-0.3, -0.25) is 5.14 Å². The maximum absolute atomic E-state index is 5.84. The highest BCUT2D eigenvalue weighted by Crippen LogP contribution is 2.20. The van der Waals surface area contributed by atoms with Crippen molar-refractivity contribution in [1.29, 1.82) is 0 Å². The van der Waals surface area contributed by atoms with Gasteiger partial charge >= 0.3 is 0 Å². The summed E-state index contributed by atoms with van der Waals surface area (Å²) in [6, 6.07) is 18.4. The Balaban J connectivity index is 1.97. The van der Waals surface area contributed by atoms with Crippen molar-refractivity contribution in [1.82, 2.24) is 14.8 Å². The summed E-state index contributed by atoms with van der Waals surface area (Å²) >= 11 is 0. The highest BCUT2D eigenvalue weighted by atomic mass is 32.2. The Labute approximate surface area is 139 Å². The smallest absolute Gasteiger partial charge is 0.151 e. The summed E-state index contributed by atoms with van der Waals surface area (Å²) in [4.78, 5) is 5.71. The van der Waals surface area contributed by atoms with Crippen LogP contribution in [0.15, 0.2) is 59.5 Å². The summed E-state index contributed by atoms with van der Waals surface area (Å²) in [7, 11) is -0.472. The van der Waals surface area contributed by atoms with Crippen LogP contribution in [-0.4, -0.2) is 20.6 Å². The first kappa shape index (κ1) is 15.6. The third-order valence-electron chi connectivity index (χ3n) is 3.62. The van der Waals surface area contributed by atoms with E-state index in [0.717, 1.165) is 35.1 Å². The van der Waals surface area contributed by atoms with E-state index in [-0.39, 0.29) is 0 Å². The third-order valence-corrected chi connectivity index (χ3v) is 4.50. The van der Waals surface area contributed by atoms with Gasteiger partial charge in [-0.2, -0.15) is 5.10 Å². The second kappa shape index (κ2) is 6.89. The van der Waals surface area contributed by atoms with Crippen LogP contribution >= 0.6 is 10.7 Å². The number of hydrogen-bond acceptors (Lipinski definition) is 3. The molecule has 23 heavy (non-hydrogen) atoms. The lowest BCUT2D eigenvalue weighted by atomic mass is 10.1. The molecule has 0 spiro atoms. The molecule has 5 heteroatoms. The summed E-state index contributed by atoms with van der Waals surface area (Å²) in [5.74, 6) is 5.68. The van der Waals surface area contributed by atoms with Crippen molar-refractivity contribution in [3.05, 3.63) is 71.8 Å². The fourth-order valence-electron chi connectivity index (χ4n) is 2.40. The van der Waals surface area contributed by atoms with Crippen LogP contribution in [-0.2, 0) is 12.8 Å². The SMILES string of the molecule is C=S(N)c1ccc(-n2nc(CC)nc2Cc2ccccc2)cc1. The molecule has 0 saturated carbocycles. The van der Waals surface area contributed by atoms with Crippen LogP contribution in [0.5, 0.6) is 0 Å². The number of hydrogen-bond donors (Lipinski definition) is 1. The van der Waals surface area contributed by atoms with E-state index in [4.69, 9.17) is 5.14 Å². The van der Waals surface area contributed by atoms with E-state index in [1.807, 2.05) is 47.1 Å². The lowest BCUT2D eigenvalue weighted by Crippen LogP contribution is -2.04. The number of nitrogens with zero attached hydrogens (tertiary/aromatic N) is 3. The molecule has 0 amide bonds. The average molecular weight is 324 g/mol. The molecule has 0 aliphatic heterocycles. The molecule has 0 bridgehead atoms. The van der Waals surface area contributed by atoms with Crippen molar-refractivity contribution in [3.8, 4) is 5.69 Å². The first-order valence-electron chi connectivity index (χ1n) is 7.55. The van der Waals surface area contributed by atoms with E-state index < -0.39 is 10.7 Å². The van der Waals surface area contributed by atoms with Crippen molar-refractivity contribution >= 4 is 16.5 Å². The molecule has 2 aromatic carbocycles. The molecule has 4 nitrogen and oxygen atoms in total. The predicted molar refractivity (Wildman–Crippen MR) is 97.2 cm³/mol. The highest BCUT2D eigenvalue weighted by molar-refractivity contribution is 8.12. The van der Waals surface area contributed by atoms with E-state index in [0.29, 0.717) is 0 Å². The molecule has 0 saturated heterocycles. The Morgan fingerprint density at radius 3 is 2.39 bits per heavy atom. The van der Waals surface area contributed by atoms with E-state index in [1.54, 1.807) is 0 Å². The van der Waals surface area contributed by atoms with Crippen molar-refractivity contribution in [3.63, 3.8) is 0 Å². The monoisotopic (exact) mass is 324 g/mol. The lowest BCUT2D eigenvalue weighted by Gasteiger charge is -2.07. The second-order valence-corrected chi connectivity index (χ2v) is 6.62. The fourth-order valence-corrected chi connectivity index (χ4v) is 2.89. The number of aromatic nitrogens is 3. The maximum Gasteiger partial charge on any atom is 0.151 e. The van der Waals surface area contributed by atoms with E-state index in [2.05, 4.69) is 35.0 Å². The van der Waals surface area contributed by atoms with Crippen LogP contribution in [0.3, 0.4) is 0 Å². The van der Waals surface area contributed by atoms with Gasteiger partial charge < -0.3 is 0 Å². The van der Waals surface area contributed by atoms with Crippen LogP contribution in [0.25, 0.3) is 5.69 Å². The van der Waals surface area contributed by atoms with Gasteiger partial charge in [0.15, 0.2) is 5.82 Å². The van der Waals surface area contributed by atoms with Gasteiger partial charge in [-0.1, -0.05) is 53.8 Å². The lowest BCUT2D eigenvalue weighted by molar-refractivity contribution is 0.799. The molecule has 0 fully saturated rings. The van der Waals surface area contributed by atoms with Gasteiger partial charge in [0.2, 0.25) is 0 Å². The van der Waals surface area contributed by atoms with Crippen molar-refractivity contribution < 1.29 is 0 Å². The largest absolute Gasteiger partial charge is 0.280 e. The van der Waals surface area contributed by atoms with Crippen LogP contribution in [0, 0.1) is 0 Å². The fraction of sp³-hybridized carbons (Fsp3) is 0.167. The minimum Gasteiger partial charge on any atom is -0.280 e. The average Bonchev–Trinajstić information content (AvgIpc) is 2.99. The van der Waals surface area contributed by atoms with Crippen molar-refractivity contribution in [2.75, 3.05) is 0 Å². The van der Waals surface area contributed by atoms with Gasteiger partial charge in [0, 0.05) is 17.7 Å². The topological polar surface area (TPSA) is 56.7 Å². The third kappa shape index (κ3) is 3.57. The molecule has 1 aromatic heterocycles. The minimum absolute atomic E-state index is 0.472. The molecule has 3 aromatic rings. The molecule has 0 aliphatic carbocycles. The van der Waals surface area contributed by atoms with Gasteiger partial charge in [0.05, 0.1) is 5.69 Å². The molecule has 1 heterocycles. The Morgan fingerprint density at radius 2 is 1.78 bits per heavy atom. The molecule has 2 N–H and O–H groups in total. The highest BCUT2D eigenvalue weighted by Gasteiger charge is 2.11. The van der Waals surface area contributed by atoms with Crippen LogP contribution in [0.2, 0.25) is 0 Å². The summed E-state index contributed by atoms with van der Waals surface area (Å²) in [5, 5.41) is 10.5. The molecule has 0 aliphatic rings. The Morgan fingerprint density at radius 1 is 1.09 bits per heavy atom. The summed E-state index contributed by atoms with van der Waals surface area (Å²) < 4.78 is 1.92. The van der Waals surface area contributed by atoms with Gasteiger partial charge in [-0.15, -0.1) is 0 Å². The number of nitrogens with two attached hydrogens (primary N) is 1. The van der Waals surface area contributed by atoms with Crippen molar-refractivity contribution in [2.24, 2.45) is 5.14 Å². The second-order valence-electron chi connectivity index (χ2n) is 5.29. The van der Waals surface area contributed by atoms with Crippen LogP contribution in [0.4, 0.5) is 0 Å². The number of aryl methyl sites for hydroxylation is 1. The molecule has 1 unspecified atom stereocenters. The number of benzene rings is 2. The standard InChI is InChI=1S/C18H20N4S/c1-3-17-20-18(13-14-7-5-4-6-8-14)22(21-17)15-9-11-16(12-10-15)23(2)19/h4-12H,2-3,13,19H2,1H3. The summed E-state index contributed by atoms with van der Waals surface area (Å²) in [6.45, 7) is 2.07. The quantitative estimate of drug-likeness (QED) is 0.732. The summed E-state index contributed by atoms with van der Waals surface area (Å²) in [5.41, 5.74) is 2.22. The Bertz CT molecular complexity index is 807. The molecule has 118 valence electrons. The predicted octanol–water partition coefficient (Wildman–Crippen LogP) is 3.35. The van der Waals surface area contributed by atoms with Crippen LogP contribution < -0.4 is 5.14 Å². The zero-order valence-corrected chi connectivity index (χ0v) is 14.0. The van der Waals surface area contributed by atoms with Gasteiger partial charge in [-0.05, 0) is 29.8 Å². The number of rotatable bonds is 5. The first-order valence-corrected chi connectivity index (χ1v) is 9.00. The van der Waals surface area contributed by atoms with Gasteiger partial charge in [0.25, 0.3) is 0 Å². The Hall–Kier alpha value is -2.24. The first-order chi connectivity index (χ1) is 11.2. The van der Waals surface area contributed by atoms with E-state index in [1.165, 1.54) is 5.56 Å². The zero-order valence-electron chi connectivity index (χ0n) is 13.1. The molecule has 1 atom stereocenters. The molecular formula is C18H20N4S. The van der Waals surface area contributed by atoms with E-state index in [9.17, 15) is 0 Å². The molecule has 3 rings (SSSR count). The maximum atomic E-state index is 5.84. The van der Waals surface area contributed by atoms with Crippen LogP contribution in [0.1, 0.15) is 24.1 Å².